The first-order valence-corrected chi connectivity index (χ1v) is 9.05. The van der Waals surface area contributed by atoms with Gasteiger partial charge in [0.15, 0.2) is 5.01 Å². The zero-order valence-corrected chi connectivity index (χ0v) is 14.4. The lowest BCUT2D eigenvalue weighted by atomic mass is 9.88. The van der Waals surface area contributed by atoms with Crippen molar-refractivity contribution in [1.82, 2.24) is 15.2 Å². The van der Waals surface area contributed by atoms with Crippen LogP contribution in [0.2, 0.25) is 0 Å². The van der Waals surface area contributed by atoms with Gasteiger partial charge in [0, 0.05) is 29.9 Å². The van der Waals surface area contributed by atoms with Gasteiger partial charge in [0.2, 0.25) is 11.0 Å². The maximum absolute atomic E-state index is 12.9. The van der Waals surface area contributed by atoms with E-state index in [9.17, 15) is 4.79 Å². The summed E-state index contributed by atoms with van der Waals surface area (Å²) in [5, 5.41) is 10.0. The highest BCUT2D eigenvalue weighted by Gasteiger charge is 2.30. The molecule has 1 aliphatic carbocycles. The number of amides is 1. The fraction of sp³-hybridized carbons (Fsp3) is 0.529. The van der Waals surface area contributed by atoms with E-state index in [1.54, 1.807) is 12.4 Å². The molecule has 0 N–H and O–H groups in total. The molecule has 122 valence electrons. The number of rotatable bonds is 4. The molecule has 1 amide bonds. The Balaban J connectivity index is 1.84. The first-order valence-electron chi connectivity index (χ1n) is 8.24. The van der Waals surface area contributed by atoms with Crippen LogP contribution in [0.15, 0.2) is 24.5 Å². The molecule has 0 unspecified atom stereocenters. The standard InChI is InChI=1S/C17H22N4OS/c1-12(2)21(16(22)13-7-4-3-5-8-13)17-20-19-15(23-17)14-9-6-10-18-11-14/h6,9-13H,3-5,7-8H2,1-2H3. The van der Waals surface area contributed by atoms with Crippen molar-refractivity contribution in [2.45, 2.75) is 52.0 Å². The molecule has 2 heterocycles. The maximum atomic E-state index is 12.9. The van der Waals surface area contributed by atoms with Crippen molar-refractivity contribution in [2.24, 2.45) is 5.92 Å². The van der Waals surface area contributed by atoms with Crippen LogP contribution in [-0.2, 0) is 4.79 Å². The smallest absolute Gasteiger partial charge is 0.232 e. The minimum Gasteiger partial charge on any atom is -0.284 e. The Kier molecular flexibility index (Phi) is 5.00. The van der Waals surface area contributed by atoms with E-state index in [4.69, 9.17) is 0 Å². The second-order valence-electron chi connectivity index (χ2n) is 6.27. The van der Waals surface area contributed by atoms with Gasteiger partial charge in [-0.1, -0.05) is 30.6 Å². The van der Waals surface area contributed by atoms with Crippen LogP contribution in [0.1, 0.15) is 46.0 Å². The first kappa shape index (κ1) is 16.1. The van der Waals surface area contributed by atoms with Crippen molar-refractivity contribution in [3.63, 3.8) is 0 Å². The Morgan fingerprint density at radius 3 is 2.70 bits per heavy atom. The molecule has 5 nitrogen and oxygen atoms in total. The average Bonchev–Trinajstić information content (AvgIpc) is 3.06. The fourth-order valence-corrected chi connectivity index (χ4v) is 4.01. The quantitative estimate of drug-likeness (QED) is 0.852. The second kappa shape index (κ2) is 7.17. The molecule has 23 heavy (non-hydrogen) atoms. The van der Waals surface area contributed by atoms with E-state index in [0.29, 0.717) is 5.13 Å². The molecule has 0 spiro atoms. The van der Waals surface area contributed by atoms with E-state index in [1.807, 2.05) is 30.9 Å². The SMILES string of the molecule is CC(C)N(C(=O)C1CCCCC1)c1nnc(-c2cccnc2)s1. The fourth-order valence-electron chi connectivity index (χ4n) is 3.03. The molecule has 0 aliphatic heterocycles. The van der Waals surface area contributed by atoms with Gasteiger partial charge in [0.05, 0.1) is 0 Å². The van der Waals surface area contributed by atoms with E-state index >= 15 is 0 Å². The third-order valence-corrected chi connectivity index (χ3v) is 5.21. The Bertz CT molecular complexity index is 650. The summed E-state index contributed by atoms with van der Waals surface area (Å²) < 4.78 is 0. The van der Waals surface area contributed by atoms with Gasteiger partial charge in [-0.05, 0) is 38.8 Å². The molecular formula is C17H22N4OS. The number of carbonyl (C=O) groups is 1. The van der Waals surface area contributed by atoms with Crippen LogP contribution in [0, 0.1) is 5.92 Å². The predicted octanol–water partition coefficient (Wildman–Crippen LogP) is 3.92. The van der Waals surface area contributed by atoms with Gasteiger partial charge < -0.3 is 0 Å². The molecule has 3 rings (SSSR count). The summed E-state index contributed by atoms with van der Waals surface area (Å²) in [4.78, 5) is 18.9. The Morgan fingerprint density at radius 1 is 1.26 bits per heavy atom. The normalized spacial score (nSPS) is 15.8. The summed E-state index contributed by atoms with van der Waals surface area (Å²) in [6.45, 7) is 4.07. The van der Waals surface area contributed by atoms with E-state index in [1.165, 1.54) is 17.8 Å². The summed E-state index contributed by atoms with van der Waals surface area (Å²) in [6, 6.07) is 3.92. The number of nitrogens with zero attached hydrogens (tertiary/aromatic N) is 4. The highest BCUT2D eigenvalue weighted by Crippen LogP contribution is 2.32. The minimum absolute atomic E-state index is 0.0825. The van der Waals surface area contributed by atoms with Crippen molar-refractivity contribution < 1.29 is 4.79 Å². The van der Waals surface area contributed by atoms with Crippen molar-refractivity contribution in [3.05, 3.63) is 24.5 Å². The zero-order chi connectivity index (χ0) is 16.2. The van der Waals surface area contributed by atoms with Crippen LogP contribution in [0.4, 0.5) is 5.13 Å². The second-order valence-corrected chi connectivity index (χ2v) is 7.22. The van der Waals surface area contributed by atoms with Crippen molar-refractivity contribution in [3.8, 4) is 10.6 Å². The molecule has 0 atom stereocenters. The first-order chi connectivity index (χ1) is 11.2. The van der Waals surface area contributed by atoms with Gasteiger partial charge in [-0.25, -0.2) is 0 Å². The largest absolute Gasteiger partial charge is 0.284 e. The molecule has 0 radical (unpaired) electrons. The lowest BCUT2D eigenvalue weighted by molar-refractivity contribution is -0.123. The Labute approximate surface area is 140 Å². The monoisotopic (exact) mass is 330 g/mol. The molecule has 0 bridgehead atoms. The van der Waals surface area contributed by atoms with Gasteiger partial charge >= 0.3 is 0 Å². The molecule has 1 aliphatic rings. The van der Waals surface area contributed by atoms with Crippen molar-refractivity contribution in [2.75, 3.05) is 4.90 Å². The number of aromatic nitrogens is 3. The zero-order valence-electron chi connectivity index (χ0n) is 13.6. The van der Waals surface area contributed by atoms with E-state index in [-0.39, 0.29) is 17.9 Å². The third kappa shape index (κ3) is 3.58. The average molecular weight is 330 g/mol. The maximum Gasteiger partial charge on any atom is 0.232 e. The van der Waals surface area contributed by atoms with Gasteiger partial charge in [-0.15, -0.1) is 10.2 Å². The molecule has 0 aromatic carbocycles. The van der Waals surface area contributed by atoms with Crippen LogP contribution in [-0.4, -0.2) is 27.1 Å². The van der Waals surface area contributed by atoms with Crippen LogP contribution in [0.5, 0.6) is 0 Å². The molecule has 1 saturated carbocycles. The van der Waals surface area contributed by atoms with Gasteiger partial charge in [-0.2, -0.15) is 0 Å². The number of pyridine rings is 1. The van der Waals surface area contributed by atoms with E-state index in [0.717, 1.165) is 36.3 Å². The van der Waals surface area contributed by atoms with Gasteiger partial charge in [-0.3, -0.25) is 14.7 Å². The van der Waals surface area contributed by atoms with Crippen molar-refractivity contribution >= 4 is 22.4 Å². The number of hydrogen-bond donors (Lipinski definition) is 0. The molecule has 2 aromatic heterocycles. The van der Waals surface area contributed by atoms with Gasteiger partial charge in [0.25, 0.3) is 0 Å². The summed E-state index contributed by atoms with van der Waals surface area (Å²) in [5.74, 6) is 0.338. The van der Waals surface area contributed by atoms with Crippen LogP contribution in [0.3, 0.4) is 0 Å². The lowest BCUT2D eigenvalue weighted by Crippen LogP contribution is -2.41. The number of carbonyl (C=O) groups excluding carboxylic acids is 1. The summed E-state index contributed by atoms with van der Waals surface area (Å²) in [5.41, 5.74) is 0.935. The van der Waals surface area contributed by atoms with E-state index < -0.39 is 0 Å². The molecule has 2 aromatic rings. The summed E-state index contributed by atoms with van der Waals surface area (Å²) in [6.07, 6.45) is 9.05. The summed E-state index contributed by atoms with van der Waals surface area (Å²) in [7, 11) is 0. The number of anilines is 1. The van der Waals surface area contributed by atoms with Crippen LogP contribution < -0.4 is 4.90 Å². The third-order valence-electron chi connectivity index (χ3n) is 4.24. The Hall–Kier alpha value is -1.82. The lowest BCUT2D eigenvalue weighted by Gasteiger charge is -2.29. The van der Waals surface area contributed by atoms with Crippen molar-refractivity contribution in [1.29, 1.82) is 0 Å². The summed E-state index contributed by atoms with van der Waals surface area (Å²) >= 11 is 1.46. The Morgan fingerprint density at radius 2 is 2.04 bits per heavy atom. The van der Waals surface area contributed by atoms with Gasteiger partial charge in [0.1, 0.15) is 0 Å². The van der Waals surface area contributed by atoms with Crippen LogP contribution >= 0.6 is 11.3 Å². The molecule has 1 fully saturated rings. The molecule has 6 heteroatoms. The minimum atomic E-state index is 0.0825. The van der Waals surface area contributed by atoms with E-state index in [2.05, 4.69) is 15.2 Å². The topological polar surface area (TPSA) is 59.0 Å². The van der Waals surface area contributed by atoms with Crippen LogP contribution in [0.25, 0.3) is 10.6 Å². The highest BCUT2D eigenvalue weighted by molar-refractivity contribution is 7.18. The highest BCUT2D eigenvalue weighted by atomic mass is 32.1. The number of hydrogen-bond acceptors (Lipinski definition) is 5. The predicted molar refractivity (Wildman–Crippen MR) is 92.3 cm³/mol. The molecule has 0 saturated heterocycles. The molecular weight excluding hydrogens is 308 g/mol.